The van der Waals surface area contributed by atoms with Crippen LogP contribution >= 0.6 is 0 Å². The number of aromatic nitrogens is 1. The summed E-state index contributed by atoms with van der Waals surface area (Å²) in [7, 11) is 0. The lowest BCUT2D eigenvalue weighted by molar-refractivity contribution is 0.0695. The third-order valence-corrected chi connectivity index (χ3v) is 4.09. The third kappa shape index (κ3) is 2.93. The standard InChI is InChI=1S/C15H21N3O2/c19-13-4-2-8-17-14(13)15(20)18(12-5-6-12)10-11-3-1-7-16-9-11/h2,4,8,11-12,16,19H,1,3,5-7,9-10H2. The molecule has 1 amide bonds. The van der Waals surface area contributed by atoms with Crippen LogP contribution in [0.2, 0.25) is 0 Å². The zero-order valence-electron chi connectivity index (χ0n) is 11.6. The van der Waals surface area contributed by atoms with Crippen molar-refractivity contribution in [2.75, 3.05) is 19.6 Å². The highest BCUT2D eigenvalue weighted by Crippen LogP contribution is 2.30. The van der Waals surface area contributed by atoms with Gasteiger partial charge in [0.05, 0.1) is 0 Å². The lowest BCUT2D eigenvalue weighted by Crippen LogP contribution is -2.42. The summed E-state index contributed by atoms with van der Waals surface area (Å²) in [4.78, 5) is 18.6. The Kier molecular flexibility index (Phi) is 3.87. The van der Waals surface area contributed by atoms with Crippen molar-refractivity contribution >= 4 is 5.91 Å². The molecule has 0 bridgehead atoms. The summed E-state index contributed by atoms with van der Waals surface area (Å²) in [6.07, 6.45) is 6.03. The molecule has 0 aromatic carbocycles. The summed E-state index contributed by atoms with van der Waals surface area (Å²) < 4.78 is 0. The molecule has 1 aliphatic carbocycles. The van der Waals surface area contributed by atoms with E-state index in [1.54, 1.807) is 12.3 Å². The van der Waals surface area contributed by atoms with E-state index >= 15 is 0 Å². The average molecular weight is 275 g/mol. The Morgan fingerprint density at radius 1 is 1.45 bits per heavy atom. The first kappa shape index (κ1) is 13.4. The number of nitrogens with zero attached hydrogens (tertiary/aromatic N) is 2. The lowest BCUT2D eigenvalue weighted by atomic mass is 9.99. The smallest absolute Gasteiger partial charge is 0.276 e. The highest BCUT2D eigenvalue weighted by atomic mass is 16.3. The molecule has 2 N–H and O–H groups in total. The second-order valence-electron chi connectivity index (χ2n) is 5.77. The Morgan fingerprint density at radius 3 is 2.95 bits per heavy atom. The van der Waals surface area contributed by atoms with E-state index in [0.29, 0.717) is 12.0 Å². The van der Waals surface area contributed by atoms with Crippen LogP contribution in [0.3, 0.4) is 0 Å². The molecule has 5 nitrogen and oxygen atoms in total. The molecule has 1 saturated carbocycles. The van der Waals surface area contributed by atoms with Crippen molar-refractivity contribution in [3.8, 4) is 5.75 Å². The molecule has 108 valence electrons. The lowest BCUT2D eigenvalue weighted by Gasteiger charge is -2.30. The van der Waals surface area contributed by atoms with Gasteiger partial charge in [0, 0.05) is 18.8 Å². The third-order valence-electron chi connectivity index (χ3n) is 4.09. The van der Waals surface area contributed by atoms with Gasteiger partial charge >= 0.3 is 0 Å². The highest BCUT2D eigenvalue weighted by molar-refractivity contribution is 5.95. The summed E-state index contributed by atoms with van der Waals surface area (Å²) in [5.74, 6) is 0.361. The molecule has 1 aromatic rings. The van der Waals surface area contributed by atoms with Crippen LogP contribution in [0.5, 0.6) is 5.75 Å². The Bertz CT molecular complexity index is 482. The second kappa shape index (κ2) is 5.79. The highest BCUT2D eigenvalue weighted by Gasteiger charge is 2.35. The minimum Gasteiger partial charge on any atom is -0.505 e. The van der Waals surface area contributed by atoms with Gasteiger partial charge in [-0.3, -0.25) is 4.79 Å². The minimum absolute atomic E-state index is 0.0232. The summed E-state index contributed by atoms with van der Waals surface area (Å²) in [5, 5.41) is 13.2. The van der Waals surface area contributed by atoms with E-state index in [9.17, 15) is 9.90 Å². The van der Waals surface area contributed by atoms with E-state index in [-0.39, 0.29) is 17.4 Å². The molecule has 1 atom stereocenters. The van der Waals surface area contributed by atoms with E-state index in [2.05, 4.69) is 10.3 Å². The van der Waals surface area contributed by atoms with Crippen LogP contribution in [0.25, 0.3) is 0 Å². The maximum absolute atomic E-state index is 12.6. The number of rotatable bonds is 4. The van der Waals surface area contributed by atoms with Crippen LogP contribution in [0.1, 0.15) is 36.2 Å². The van der Waals surface area contributed by atoms with Crippen LogP contribution in [0, 0.1) is 5.92 Å². The number of carbonyl (C=O) groups is 1. The van der Waals surface area contributed by atoms with Gasteiger partial charge in [0.2, 0.25) is 0 Å². The van der Waals surface area contributed by atoms with Crippen molar-refractivity contribution in [1.29, 1.82) is 0 Å². The number of piperidine rings is 1. The zero-order chi connectivity index (χ0) is 13.9. The Labute approximate surface area is 119 Å². The quantitative estimate of drug-likeness (QED) is 0.871. The maximum Gasteiger partial charge on any atom is 0.276 e. The molecule has 20 heavy (non-hydrogen) atoms. The topological polar surface area (TPSA) is 65.5 Å². The van der Waals surface area contributed by atoms with Crippen molar-refractivity contribution in [3.63, 3.8) is 0 Å². The molecule has 1 saturated heterocycles. The van der Waals surface area contributed by atoms with E-state index < -0.39 is 0 Å². The fourth-order valence-corrected chi connectivity index (χ4v) is 2.84. The molecular weight excluding hydrogens is 254 g/mol. The van der Waals surface area contributed by atoms with Crippen molar-refractivity contribution < 1.29 is 9.90 Å². The molecule has 5 heteroatoms. The fourth-order valence-electron chi connectivity index (χ4n) is 2.84. The number of hydrogen-bond donors (Lipinski definition) is 2. The van der Waals surface area contributed by atoms with Crippen LogP contribution in [-0.2, 0) is 0 Å². The SMILES string of the molecule is O=C(c1ncccc1O)N(CC1CCCNC1)C1CC1. The van der Waals surface area contributed by atoms with E-state index in [1.165, 1.54) is 12.5 Å². The molecule has 2 aliphatic rings. The van der Waals surface area contributed by atoms with Crippen LogP contribution in [0.15, 0.2) is 18.3 Å². The Balaban J connectivity index is 1.73. The molecule has 0 radical (unpaired) electrons. The molecule has 1 aliphatic heterocycles. The molecular formula is C15H21N3O2. The van der Waals surface area contributed by atoms with Gasteiger partial charge in [-0.15, -0.1) is 0 Å². The number of carbonyl (C=O) groups excluding carboxylic acids is 1. The summed E-state index contributed by atoms with van der Waals surface area (Å²) in [6, 6.07) is 3.50. The van der Waals surface area contributed by atoms with E-state index in [1.807, 2.05) is 4.90 Å². The molecule has 1 unspecified atom stereocenters. The first-order valence-corrected chi connectivity index (χ1v) is 7.41. The Morgan fingerprint density at radius 2 is 2.30 bits per heavy atom. The molecule has 2 fully saturated rings. The van der Waals surface area contributed by atoms with Crippen molar-refractivity contribution in [2.45, 2.75) is 31.7 Å². The normalized spacial score (nSPS) is 22.5. The average Bonchev–Trinajstić information content (AvgIpc) is 3.30. The fraction of sp³-hybridized carbons (Fsp3) is 0.600. The monoisotopic (exact) mass is 275 g/mol. The maximum atomic E-state index is 12.6. The molecule has 1 aromatic heterocycles. The van der Waals surface area contributed by atoms with E-state index in [4.69, 9.17) is 0 Å². The predicted octanol–water partition coefficient (Wildman–Crippen LogP) is 1.39. The van der Waals surface area contributed by atoms with Gasteiger partial charge in [0.1, 0.15) is 5.75 Å². The number of amides is 1. The Hall–Kier alpha value is -1.62. The van der Waals surface area contributed by atoms with E-state index in [0.717, 1.165) is 38.9 Å². The zero-order valence-corrected chi connectivity index (χ0v) is 11.6. The van der Waals surface area contributed by atoms with Gasteiger partial charge < -0.3 is 15.3 Å². The van der Waals surface area contributed by atoms with Gasteiger partial charge in [-0.25, -0.2) is 4.98 Å². The van der Waals surface area contributed by atoms with Crippen LogP contribution < -0.4 is 5.32 Å². The first-order chi connectivity index (χ1) is 9.75. The predicted molar refractivity (Wildman–Crippen MR) is 75.6 cm³/mol. The van der Waals surface area contributed by atoms with Crippen LogP contribution in [0.4, 0.5) is 0 Å². The van der Waals surface area contributed by atoms with Crippen LogP contribution in [-0.4, -0.2) is 46.6 Å². The van der Waals surface area contributed by atoms with Crippen molar-refractivity contribution in [2.24, 2.45) is 5.92 Å². The van der Waals surface area contributed by atoms with Crippen molar-refractivity contribution in [3.05, 3.63) is 24.0 Å². The summed E-state index contributed by atoms with van der Waals surface area (Å²) >= 11 is 0. The number of hydrogen-bond acceptors (Lipinski definition) is 4. The van der Waals surface area contributed by atoms with Gasteiger partial charge in [-0.2, -0.15) is 0 Å². The number of nitrogens with one attached hydrogen (secondary N) is 1. The second-order valence-corrected chi connectivity index (χ2v) is 5.77. The summed E-state index contributed by atoms with van der Waals surface area (Å²) in [6.45, 7) is 2.83. The van der Waals surface area contributed by atoms with Gasteiger partial charge in [0.15, 0.2) is 5.69 Å². The largest absolute Gasteiger partial charge is 0.505 e. The molecule has 2 heterocycles. The molecule has 0 spiro atoms. The number of aromatic hydroxyl groups is 1. The number of pyridine rings is 1. The summed E-state index contributed by atoms with van der Waals surface area (Å²) in [5.41, 5.74) is 0.183. The minimum atomic E-state index is -0.129. The van der Waals surface area contributed by atoms with Gasteiger partial charge in [-0.05, 0) is 56.8 Å². The van der Waals surface area contributed by atoms with Gasteiger partial charge in [0.25, 0.3) is 5.91 Å². The van der Waals surface area contributed by atoms with Crippen molar-refractivity contribution in [1.82, 2.24) is 15.2 Å². The molecule has 3 rings (SSSR count). The van der Waals surface area contributed by atoms with Gasteiger partial charge in [-0.1, -0.05) is 0 Å². The first-order valence-electron chi connectivity index (χ1n) is 7.41.